The van der Waals surface area contributed by atoms with Crippen LogP contribution >= 0.6 is 0 Å². The summed E-state index contributed by atoms with van der Waals surface area (Å²) < 4.78 is 5.12. The van der Waals surface area contributed by atoms with E-state index in [-0.39, 0.29) is 17.4 Å². The van der Waals surface area contributed by atoms with Gasteiger partial charge in [0.1, 0.15) is 0 Å². The van der Waals surface area contributed by atoms with Gasteiger partial charge in [-0.15, -0.1) is 0 Å². The third-order valence-corrected chi connectivity index (χ3v) is 2.30. The molecule has 0 aliphatic heterocycles. The van der Waals surface area contributed by atoms with E-state index in [9.17, 15) is 4.79 Å². The Balaban J connectivity index is 2.27. The van der Waals surface area contributed by atoms with Crippen LogP contribution < -0.4 is 5.32 Å². The van der Waals surface area contributed by atoms with Crippen molar-refractivity contribution in [3.8, 4) is 0 Å². The molecule has 1 N–H and O–H groups in total. The highest BCUT2D eigenvalue weighted by Gasteiger charge is 2.35. The van der Waals surface area contributed by atoms with Crippen LogP contribution in [0.5, 0.6) is 0 Å². The molecule has 0 heterocycles. The lowest BCUT2D eigenvalue weighted by atomic mass is 9.81. The average Bonchev–Trinajstić information content (AvgIpc) is 1.79. The molecule has 0 aromatic rings. The third kappa shape index (κ3) is 2.99. The van der Waals surface area contributed by atoms with Crippen LogP contribution in [0.1, 0.15) is 33.6 Å². The Bertz CT molecular complexity index is 190. The number of methoxy groups -OCH3 is 1. The van der Waals surface area contributed by atoms with Gasteiger partial charge in [-0.05, 0) is 33.6 Å². The van der Waals surface area contributed by atoms with Crippen LogP contribution in [0, 0.1) is 5.92 Å². The molecule has 1 saturated carbocycles. The molecule has 1 rings (SSSR count). The molecule has 0 aromatic heterocycles. The zero-order chi connectivity index (χ0) is 10.1. The maximum absolute atomic E-state index is 11.5. The van der Waals surface area contributed by atoms with Crippen molar-refractivity contribution < 1.29 is 9.53 Å². The number of hydrogen-bond donors (Lipinski definition) is 1. The molecule has 76 valence electrons. The summed E-state index contributed by atoms with van der Waals surface area (Å²) >= 11 is 0. The highest BCUT2D eigenvalue weighted by atomic mass is 16.5. The molecular formula is C10H19NO2. The Hall–Kier alpha value is -0.570. The molecular weight excluding hydrogens is 166 g/mol. The van der Waals surface area contributed by atoms with Crippen molar-refractivity contribution in [3.05, 3.63) is 0 Å². The maximum atomic E-state index is 11.5. The van der Waals surface area contributed by atoms with Gasteiger partial charge >= 0.3 is 0 Å². The molecule has 1 aliphatic rings. The quantitative estimate of drug-likeness (QED) is 0.704. The molecule has 0 bridgehead atoms. The second kappa shape index (κ2) is 3.66. The number of hydrogen-bond acceptors (Lipinski definition) is 2. The van der Waals surface area contributed by atoms with Crippen molar-refractivity contribution in [2.24, 2.45) is 5.92 Å². The van der Waals surface area contributed by atoms with Crippen LogP contribution in [-0.2, 0) is 9.53 Å². The standard InChI is InChI=1S/C10H19NO2/c1-10(2,3)11-9(12)7-5-8(6-7)13-4/h7-8H,5-6H2,1-4H3,(H,11,12). The van der Waals surface area contributed by atoms with E-state index in [2.05, 4.69) is 5.32 Å². The van der Waals surface area contributed by atoms with Gasteiger partial charge in [-0.2, -0.15) is 0 Å². The van der Waals surface area contributed by atoms with Crippen molar-refractivity contribution in [1.82, 2.24) is 5.32 Å². The number of ether oxygens (including phenoxy) is 1. The van der Waals surface area contributed by atoms with Crippen LogP contribution in [0.3, 0.4) is 0 Å². The SMILES string of the molecule is COC1CC(C(=O)NC(C)(C)C)C1. The summed E-state index contributed by atoms with van der Waals surface area (Å²) in [6.45, 7) is 5.99. The van der Waals surface area contributed by atoms with E-state index < -0.39 is 0 Å². The van der Waals surface area contributed by atoms with Gasteiger partial charge in [-0.25, -0.2) is 0 Å². The molecule has 1 aliphatic carbocycles. The molecule has 0 spiro atoms. The second-order valence-corrected chi connectivity index (χ2v) is 4.77. The molecule has 3 nitrogen and oxygen atoms in total. The van der Waals surface area contributed by atoms with Crippen LogP contribution in [0.25, 0.3) is 0 Å². The van der Waals surface area contributed by atoms with Gasteiger partial charge in [0, 0.05) is 18.6 Å². The van der Waals surface area contributed by atoms with Crippen LogP contribution in [0.4, 0.5) is 0 Å². The fraction of sp³-hybridized carbons (Fsp3) is 0.900. The number of carbonyl (C=O) groups excluding carboxylic acids is 1. The monoisotopic (exact) mass is 185 g/mol. The molecule has 0 aromatic carbocycles. The molecule has 13 heavy (non-hydrogen) atoms. The van der Waals surface area contributed by atoms with E-state index in [0.717, 1.165) is 12.8 Å². The predicted octanol–water partition coefficient (Wildman–Crippen LogP) is 1.33. The van der Waals surface area contributed by atoms with Crippen molar-refractivity contribution in [1.29, 1.82) is 0 Å². The summed E-state index contributed by atoms with van der Waals surface area (Å²) in [5.41, 5.74) is -0.116. The summed E-state index contributed by atoms with van der Waals surface area (Å²) in [5.74, 6) is 0.338. The van der Waals surface area contributed by atoms with Gasteiger partial charge < -0.3 is 10.1 Å². The van der Waals surface area contributed by atoms with E-state index in [0.29, 0.717) is 6.10 Å². The Kier molecular flexibility index (Phi) is 2.96. The summed E-state index contributed by atoms with van der Waals surface area (Å²) in [6, 6.07) is 0. The zero-order valence-electron chi connectivity index (χ0n) is 8.89. The lowest BCUT2D eigenvalue weighted by Gasteiger charge is -2.35. The van der Waals surface area contributed by atoms with Crippen LogP contribution in [0.2, 0.25) is 0 Å². The smallest absolute Gasteiger partial charge is 0.223 e. The van der Waals surface area contributed by atoms with E-state index >= 15 is 0 Å². The van der Waals surface area contributed by atoms with Crippen LogP contribution in [0.15, 0.2) is 0 Å². The summed E-state index contributed by atoms with van der Waals surface area (Å²) in [4.78, 5) is 11.5. The van der Waals surface area contributed by atoms with E-state index in [1.807, 2.05) is 20.8 Å². The molecule has 3 heteroatoms. The molecule has 1 fully saturated rings. The van der Waals surface area contributed by atoms with Gasteiger partial charge in [0.25, 0.3) is 0 Å². The second-order valence-electron chi connectivity index (χ2n) is 4.77. The maximum Gasteiger partial charge on any atom is 0.223 e. The molecule has 1 amide bonds. The minimum Gasteiger partial charge on any atom is -0.381 e. The largest absolute Gasteiger partial charge is 0.381 e. The summed E-state index contributed by atoms with van der Waals surface area (Å²) in [6.07, 6.45) is 2.05. The summed E-state index contributed by atoms with van der Waals surface area (Å²) in [7, 11) is 1.70. The van der Waals surface area contributed by atoms with E-state index in [1.54, 1.807) is 7.11 Å². The average molecular weight is 185 g/mol. The van der Waals surface area contributed by atoms with Crippen molar-refractivity contribution in [3.63, 3.8) is 0 Å². The normalized spacial score (nSPS) is 28.0. The number of nitrogens with one attached hydrogen (secondary N) is 1. The zero-order valence-corrected chi connectivity index (χ0v) is 8.89. The van der Waals surface area contributed by atoms with E-state index in [1.165, 1.54) is 0 Å². The van der Waals surface area contributed by atoms with Crippen molar-refractivity contribution in [2.45, 2.75) is 45.3 Å². The van der Waals surface area contributed by atoms with Gasteiger partial charge in [-0.1, -0.05) is 0 Å². The van der Waals surface area contributed by atoms with Crippen LogP contribution in [-0.4, -0.2) is 24.7 Å². The predicted molar refractivity (Wildman–Crippen MR) is 51.4 cm³/mol. The number of amides is 1. The lowest BCUT2D eigenvalue weighted by molar-refractivity contribution is -0.134. The first-order valence-corrected chi connectivity index (χ1v) is 4.77. The first-order chi connectivity index (χ1) is 5.92. The van der Waals surface area contributed by atoms with E-state index in [4.69, 9.17) is 4.74 Å². The minimum absolute atomic E-state index is 0.116. The van der Waals surface area contributed by atoms with Crippen molar-refractivity contribution >= 4 is 5.91 Å². The first-order valence-electron chi connectivity index (χ1n) is 4.77. The minimum atomic E-state index is -0.116. The highest BCUT2D eigenvalue weighted by Crippen LogP contribution is 2.29. The van der Waals surface area contributed by atoms with Gasteiger partial charge in [-0.3, -0.25) is 4.79 Å². The first kappa shape index (κ1) is 10.5. The van der Waals surface area contributed by atoms with Gasteiger partial charge in [0.2, 0.25) is 5.91 Å². The molecule has 0 radical (unpaired) electrons. The topological polar surface area (TPSA) is 38.3 Å². The molecule has 0 atom stereocenters. The third-order valence-electron chi connectivity index (χ3n) is 2.30. The fourth-order valence-corrected chi connectivity index (χ4v) is 1.44. The Morgan fingerprint density at radius 2 is 1.92 bits per heavy atom. The Morgan fingerprint density at radius 1 is 1.38 bits per heavy atom. The lowest BCUT2D eigenvalue weighted by Crippen LogP contribution is -2.48. The molecule has 0 unspecified atom stereocenters. The number of rotatable bonds is 2. The van der Waals surface area contributed by atoms with Gasteiger partial charge in [0.05, 0.1) is 6.10 Å². The summed E-state index contributed by atoms with van der Waals surface area (Å²) in [5, 5.41) is 2.97. The van der Waals surface area contributed by atoms with Gasteiger partial charge in [0.15, 0.2) is 0 Å². The Morgan fingerprint density at radius 3 is 2.31 bits per heavy atom. The molecule has 0 saturated heterocycles. The fourth-order valence-electron chi connectivity index (χ4n) is 1.44. The Labute approximate surface area is 79.8 Å². The highest BCUT2D eigenvalue weighted by molar-refractivity contribution is 5.80. The van der Waals surface area contributed by atoms with Crippen molar-refractivity contribution in [2.75, 3.05) is 7.11 Å². The number of carbonyl (C=O) groups is 1.